The molecular formula is C2H10O2Si2. The van der Waals surface area contributed by atoms with Gasteiger partial charge in [-0.1, -0.05) is 0 Å². The Bertz CT molecular complexity index is 32.5. The molecule has 0 aliphatic heterocycles. The lowest BCUT2D eigenvalue weighted by atomic mass is 10.9. The van der Waals surface area contributed by atoms with Gasteiger partial charge in [0.05, 0.1) is 0 Å². The van der Waals surface area contributed by atoms with E-state index in [0.29, 0.717) is 0 Å². The molecule has 0 saturated heterocycles. The second-order valence-electron chi connectivity index (χ2n) is 0.519. The summed E-state index contributed by atoms with van der Waals surface area (Å²) in [5.74, 6) is -0.833. The Morgan fingerprint density at radius 3 is 1.67 bits per heavy atom. The zero-order chi connectivity index (χ0) is 5.58. The number of aliphatic carboxylic acids is 1. The maximum Gasteiger partial charge on any atom is 0.300 e. The van der Waals surface area contributed by atoms with Crippen LogP contribution >= 0.6 is 0 Å². The van der Waals surface area contributed by atoms with Crippen molar-refractivity contribution < 1.29 is 9.90 Å². The lowest BCUT2D eigenvalue weighted by Crippen LogP contribution is -1.78. The predicted octanol–water partition coefficient (Wildman–Crippen LogP) is -2.28. The molecule has 0 aromatic heterocycles. The highest BCUT2D eigenvalue weighted by Gasteiger charge is 1.65. The number of hydrogen-bond donors (Lipinski definition) is 1. The van der Waals surface area contributed by atoms with Crippen LogP contribution in [0, 0.1) is 0 Å². The summed E-state index contributed by atoms with van der Waals surface area (Å²) >= 11 is 0. The Morgan fingerprint density at radius 1 is 1.67 bits per heavy atom. The fourth-order valence-corrected chi connectivity index (χ4v) is 0. The van der Waals surface area contributed by atoms with Crippen molar-refractivity contribution in [3.8, 4) is 0 Å². The molecule has 4 heteroatoms. The van der Waals surface area contributed by atoms with Gasteiger partial charge in [0, 0.05) is 6.92 Å². The van der Waals surface area contributed by atoms with Gasteiger partial charge < -0.3 is 5.11 Å². The van der Waals surface area contributed by atoms with Crippen LogP contribution in [0.4, 0.5) is 0 Å². The summed E-state index contributed by atoms with van der Waals surface area (Å²) in [5, 5.41) is 7.42. The summed E-state index contributed by atoms with van der Waals surface area (Å²) in [6.45, 7) is 1.08. The number of carboxylic acid groups (broad SMARTS) is 1. The highest BCUT2D eigenvalue weighted by molar-refractivity contribution is 6.75. The van der Waals surface area contributed by atoms with Gasteiger partial charge in [-0.25, -0.2) is 0 Å². The summed E-state index contributed by atoms with van der Waals surface area (Å²) in [5.41, 5.74) is 0. The zero-order valence-electron chi connectivity index (χ0n) is 4.36. The van der Waals surface area contributed by atoms with Gasteiger partial charge in [-0.3, -0.25) is 4.79 Å². The topological polar surface area (TPSA) is 37.3 Å². The average molecular weight is 122 g/mol. The first-order valence-corrected chi connectivity index (χ1v) is 9.93. The van der Waals surface area contributed by atoms with Gasteiger partial charge in [0.15, 0.2) is 0 Å². The van der Waals surface area contributed by atoms with Crippen LogP contribution < -0.4 is 0 Å². The van der Waals surface area contributed by atoms with Gasteiger partial charge in [-0.2, -0.15) is 0 Å². The number of carbonyl (C=O) groups is 1. The van der Waals surface area contributed by atoms with Crippen molar-refractivity contribution in [2.75, 3.05) is 0 Å². The van der Waals surface area contributed by atoms with E-state index in [0.717, 1.165) is 6.92 Å². The molecule has 0 aliphatic rings. The average Bonchev–Trinajstić information content (AvgIpc) is 1.41. The molecular weight excluding hydrogens is 112 g/mol. The van der Waals surface area contributed by atoms with E-state index in [-0.39, 0.29) is 0 Å². The van der Waals surface area contributed by atoms with Crippen molar-refractivity contribution in [2.24, 2.45) is 0 Å². The molecule has 6 heavy (non-hydrogen) atoms. The molecule has 0 atom stereocenters. The summed E-state index contributed by atoms with van der Waals surface area (Å²) in [4.78, 5) is 9.00. The van der Waals surface area contributed by atoms with Crippen LogP contribution in [0.5, 0.6) is 0 Å². The first-order chi connectivity index (χ1) is 2.73. The fourth-order valence-electron chi connectivity index (χ4n) is 0. The highest BCUT2D eigenvalue weighted by atomic mass is 29.1. The molecule has 0 bridgehead atoms. The molecule has 0 heterocycles. The Balaban J connectivity index is 0. The van der Waals surface area contributed by atoms with Gasteiger partial charge in [-0.05, 0) is 19.5 Å². The third-order valence-corrected chi connectivity index (χ3v) is 0. The van der Waals surface area contributed by atoms with Crippen molar-refractivity contribution in [1.29, 1.82) is 0 Å². The minimum atomic E-state index is -0.833. The molecule has 0 saturated carbocycles. The quantitative estimate of drug-likeness (QED) is 0.368. The van der Waals surface area contributed by atoms with Gasteiger partial charge in [-0.15, -0.1) is 0 Å². The van der Waals surface area contributed by atoms with Crippen molar-refractivity contribution in [3.05, 3.63) is 0 Å². The molecule has 0 amide bonds. The molecule has 1 N–H and O–H groups in total. The Kier molecular flexibility index (Phi) is 13.8. The molecule has 0 aromatic carbocycles. The number of hydrogen-bond acceptors (Lipinski definition) is 1. The van der Waals surface area contributed by atoms with Crippen LogP contribution in [-0.2, 0) is 4.79 Å². The second kappa shape index (κ2) is 8.86. The molecule has 0 rings (SSSR count). The molecule has 2 nitrogen and oxygen atoms in total. The first kappa shape index (κ1) is 9.32. The molecule has 38 valence electrons. The van der Waals surface area contributed by atoms with Crippen molar-refractivity contribution in [2.45, 2.75) is 6.92 Å². The Labute approximate surface area is 43.2 Å². The summed E-state index contributed by atoms with van der Waals surface area (Å²) < 4.78 is 0. The number of rotatable bonds is 0. The maximum atomic E-state index is 9.00. The third kappa shape index (κ3) is 3550. The lowest BCUT2D eigenvalue weighted by Gasteiger charge is -1.59. The van der Waals surface area contributed by atoms with E-state index in [1.54, 1.807) is 0 Å². The second-order valence-corrected chi connectivity index (χ2v) is 0.519. The van der Waals surface area contributed by atoms with Crippen LogP contribution in [-0.4, -0.2) is 30.6 Å². The standard InChI is InChI=1S/C2H4O2.H6Si2/c1-2(3)4;1-2/h1H3,(H,3,4);1-2H3. The smallest absolute Gasteiger partial charge is 0.300 e. The Morgan fingerprint density at radius 2 is 1.67 bits per heavy atom. The monoisotopic (exact) mass is 122 g/mol. The van der Waals surface area contributed by atoms with E-state index >= 15 is 0 Å². The summed E-state index contributed by atoms with van der Waals surface area (Å²) in [6.07, 6.45) is 0. The molecule has 0 aromatic rings. The molecule has 0 spiro atoms. The Hall–Kier alpha value is -0.0962. The predicted molar refractivity (Wildman–Crippen MR) is 33.2 cm³/mol. The van der Waals surface area contributed by atoms with Gasteiger partial charge in [0.1, 0.15) is 0 Å². The molecule has 0 aliphatic carbocycles. The van der Waals surface area contributed by atoms with E-state index < -0.39 is 5.97 Å². The lowest BCUT2D eigenvalue weighted by molar-refractivity contribution is -0.134. The van der Waals surface area contributed by atoms with E-state index in [2.05, 4.69) is 0 Å². The molecule has 0 unspecified atom stereocenters. The van der Waals surface area contributed by atoms with Gasteiger partial charge in [0.25, 0.3) is 5.97 Å². The van der Waals surface area contributed by atoms with Crippen molar-refractivity contribution >= 4 is 25.5 Å². The largest absolute Gasteiger partial charge is 0.481 e. The van der Waals surface area contributed by atoms with Gasteiger partial charge >= 0.3 is 0 Å². The minimum absolute atomic E-state index is 0.833. The fraction of sp³-hybridized carbons (Fsp3) is 0.500. The van der Waals surface area contributed by atoms with Crippen molar-refractivity contribution in [1.82, 2.24) is 0 Å². The number of carboxylic acids is 1. The van der Waals surface area contributed by atoms with Crippen LogP contribution in [0.2, 0.25) is 0 Å². The minimum Gasteiger partial charge on any atom is -0.481 e. The molecule has 0 radical (unpaired) electrons. The van der Waals surface area contributed by atoms with Crippen LogP contribution in [0.15, 0.2) is 0 Å². The first-order valence-electron chi connectivity index (χ1n) is 1.93. The third-order valence-electron chi connectivity index (χ3n) is 0. The van der Waals surface area contributed by atoms with Gasteiger partial charge in [0.2, 0.25) is 0 Å². The maximum absolute atomic E-state index is 9.00. The van der Waals surface area contributed by atoms with E-state index in [9.17, 15) is 0 Å². The van der Waals surface area contributed by atoms with Crippen molar-refractivity contribution in [3.63, 3.8) is 0 Å². The summed E-state index contributed by atoms with van der Waals surface area (Å²) in [7, 11) is 2.89. The summed E-state index contributed by atoms with van der Waals surface area (Å²) in [6, 6.07) is 0. The molecule has 0 fully saturated rings. The van der Waals surface area contributed by atoms with E-state index in [1.807, 2.05) is 0 Å². The van der Waals surface area contributed by atoms with E-state index in [1.165, 1.54) is 19.5 Å². The normalized spacial score (nSPS) is 6.17. The van der Waals surface area contributed by atoms with Crippen LogP contribution in [0.3, 0.4) is 0 Å². The van der Waals surface area contributed by atoms with Crippen LogP contribution in [0.25, 0.3) is 0 Å². The highest BCUT2D eigenvalue weighted by Crippen LogP contribution is 1.42. The van der Waals surface area contributed by atoms with Crippen LogP contribution in [0.1, 0.15) is 6.92 Å². The van der Waals surface area contributed by atoms with E-state index in [4.69, 9.17) is 9.90 Å². The SMILES string of the molecule is CC(=O)O.[SiH3][SiH3]. The zero-order valence-corrected chi connectivity index (χ0v) is 8.36.